The van der Waals surface area contributed by atoms with E-state index >= 15 is 0 Å². The van der Waals surface area contributed by atoms with Crippen molar-refractivity contribution in [2.45, 2.75) is 58.0 Å². The Balaban J connectivity index is 1.84. The van der Waals surface area contributed by atoms with E-state index in [1.165, 1.54) is 37.8 Å². The lowest BCUT2D eigenvalue weighted by Gasteiger charge is -2.41. The van der Waals surface area contributed by atoms with Gasteiger partial charge >= 0.3 is 0 Å². The van der Waals surface area contributed by atoms with Crippen molar-refractivity contribution >= 4 is 0 Å². The number of rotatable bonds is 2. The zero-order valence-electron chi connectivity index (χ0n) is 13.9. The molecule has 0 amide bonds. The fourth-order valence-electron chi connectivity index (χ4n) is 4.44. The van der Waals surface area contributed by atoms with Gasteiger partial charge in [-0.15, -0.1) is 0 Å². The zero-order chi connectivity index (χ0) is 14.9. The maximum Gasteiger partial charge on any atom is 0.0535 e. The summed E-state index contributed by atoms with van der Waals surface area (Å²) in [6.07, 6.45) is 5.40. The predicted molar refractivity (Wildman–Crippen MR) is 89.4 cm³/mol. The van der Waals surface area contributed by atoms with Gasteiger partial charge in [0.15, 0.2) is 0 Å². The molecule has 0 radical (unpaired) electrons. The number of hydrogen-bond donors (Lipinski definition) is 1. The van der Waals surface area contributed by atoms with Crippen molar-refractivity contribution in [3.8, 4) is 0 Å². The van der Waals surface area contributed by atoms with Crippen LogP contribution >= 0.6 is 0 Å². The van der Waals surface area contributed by atoms with Crippen LogP contribution in [0.1, 0.15) is 52.0 Å². The van der Waals surface area contributed by atoms with Crippen molar-refractivity contribution in [3.05, 3.63) is 35.9 Å². The lowest BCUT2D eigenvalue weighted by molar-refractivity contribution is 0.0940. The maximum atomic E-state index is 3.81. The Morgan fingerprint density at radius 2 is 1.86 bits per heavy atom. The number of nitrogens with zero attached hydrogens (tertiary/aromatic N) is 1. The topological polar surface area (TPSA) is 15.3 Å². The lowest BCUT2D eigenvalue weighted by Crippen LogP contribution is -2.51. The molecule has 1 saturated carbocycles. The number of benzene rings is 1. The molecule has 3 rings (SSSR count). The molecular formula is C19H30N2. The summed E-state index contributed by atoms with van der Waals surface area (Å²) in [7, 11) is 0. The smallest absolute Gasteiger partial charge is 0.0535 e. The Hall–Kier alpha value is -0.860. The highest BCUT2D eigenvalue weighted by molar-refractivity contribution is 5.24. The predicted octanol–water partition coefficient (Wildman–Crippen LogP) is 3.78. The molecule has 1 heterocycles. The summed E-state index contributed by atoms with van der Waals surface area (Å²) in [5.41, 5.74) is 1.98. The summed E-state index contributed by atoms with van der Waals surface area (Å²) >= 11 is 0. The zero-order valence-corrected chi connectivity index (χ0v) is 13.9. The minimum absolute atomic E-state index is 0.0798. The molecular weight excluding hydrogens is 256 g/mol. The van der Waals surface area contributed by atoms with Gasteiger partial charge in [0.2, 0.25) is 0 Å². The summed E-state index contributed by atoms with van der Waals surface area (Å²) in [5.74, 6) is 0. The van der Waals surface area contributed by atoms with Gasteiger partial charge in [0.1, 0.15) is 0 Å². The molecule has 2 fully saturated rings. The normalized spacial score (nSPS) is 33.8. The van der Waals surface area contributed by atoms with Gasteiger partial charge in [0.05, 0.1) is 5.54 Å². The minimum atomic E-state index is 0.0798. The molecule has 21 heavy (non-hydrogen) atoms. The first-order valence-electron chi connectivity index (χ1n) is 8.56. The van der Waals surface area contributed by atoms with E-state index in [0.717, 1.165) is 19.1 Å². The lowest BCUT2D eigenvalue weighted by atomic mass is 9.84. The van der Waals surface area contributed by atoms with E-state index in [2.05, 4.69) is 61.3 Å². The molecule has 2 nitrogen and oxygen atoms in total. The Bertz CT molecular complexity index is 468. The Labute approximate surface area is 129 Å². The van der Waals surface area contributed by atoms with Crippen LogP contribution in [0.5, 0.6) is 0 Å². The molecule has 2 atom stereocenters. The standard InChI is InChI=1S/C19H30N2/c1-18(2)12-7-11-17(18)21-14-8-13-20-19(3,15-21)16-9-5-4-6-10-16/h4-6,9-10,17,20H,7-8,11-15H2,1-3H3. The summed E-state index contributed by atoms with van der Waals surface area (Å²) in [4.78, 5) is 2.78. The van der Waals surface area contributed by atoms with Crippen molar-refractivity contribution in [3.63, 3.8) is 0 Å². The minimum Gasteiger partial charge on any atom is -0.307 e. The highest BCUT2D eigenvalue weighted by Crippen LogP contribution is 2.41. The molecule has 2 heteroatoms. The summed E-state index contributed by atoms with van der Waals surface area (Å²) in [6.45, 7) is 10.8. The number of hydrogen-bond acceptors (Lipinski definition) is 2. The highest BCUT2D eigenvalue weighted by Gasteiger charge is 2.41. The Morgan fingerprint density at radius 1 is 1.10 bits per heavy atom. The largest absolute Gasteiger partial charge is 0.307 e. The maximum absolute atomic E-state index is 3.81. The first-order valence-corrected chi connectivity index (χ1v) is 8.56. The van der Waals surface area contributed by atoms with Crippen LogP contribution in [0.2, 0.25) is 0 Å². The van der Waals surface area contributed by atoms with Crippen LogP contribution in [0.25, 0.3) is 0 Å². The first-order chi connectivity index (χ1) is 10.0. The second kappa shape index (κ2) is 5.73. The van der Waals surface area contributed by atoms with Gasteiger partial charge in [0, 0.05) is 12.6 Å². The second-order valence-corrected chi connectivity index (χ2v) is 7.85. The van der Waals surface area contributed by atoms with Crippen molar-refractivity contribution in [1.29, 1.82) is 0 Å². The molecule has 1 aromatic carbocycles. The molecule has 1 aliphatic heterocycles. The average molecular weight is 286 g/mol. The highest BCUT2D eigenvalue weighted by atomic mass is 15.2. The number of nitrogens with one attached hydrogen (secondary N) is 1. The first kappa shape index (κ1) is 15.1. The Kier molecular flexibility index (Phi) is 4.11. The van der Waals surface area contributed by atoms with Crippen LogP contribution in [0, 0.1) is 5.41 Å². The van der Waals surface area contributed by atoms with Crippen LogP contribution in [0.3, 0.4) is 0 Å². The molecule has 1 saturated heterocycles. The molecule has 1 aliphatic carbocycles. The van der Waals surface area contributed by atoms with Crippen molar-refractivity contribution in [2.75, 3.05) is 19.6 Å². The fourth-order valence-corrected chi connectivity index (χ4v) is 4.44. The van der Waals surface area contributed by atoms with Crippen LogP contribution in [-0.2, 0) is 5.54 Å². The van der Waals surface area contributed by atoms with Gasteiger partial charge < -0.3 is 5.32 Å². The van der Waals surface area contributed by atoms with Crippen LogP contribution in [0.4, 0.5) is 0 Å². The third kappa shape index (κ3) is 3.02. The van der Waals surface area contributed by atoms with Crippen molar-refractivity contribution in [1.82, 2.24) is 10.2 Å². The van der Waals surface area contributed by atoms with Crippen LogP contribution in [0.15, 0.2) is 30.3 Å². The van der Waals surface area contributed by atoms with Crippen molar-refractivity contribution < 1.29 is 0 Å². The quantitative estimate of drug-likeness (QED) is 0.890. The molecule has 1 N–H and O–H groups in total. The van der Waals surface area contributed by atoms with E-state index in [1.807, 2.05) is 0 Å². The van der Waals surface area contributed by atoms with E-state index in [0.29, 0.717) is 5.41 Å². The van der Waals surface area contributed by atoms with E-state index in [-0.39, 0.29) is 5.54 Å². The summed E-state index contributed by atoms with van der Waals surface area (Å²) in [6, 6.07) is 11.7. The van der Waals surface area contributed by atoms with Gasteiger partial charge in [-0.1, -0.05) is 50.6 Å². The third-order valence-electron chi connectivity index (χ3n) is 5.71. The SMILES string of the molecule is CC1(c2ccccc2)CN(C2CCCC2(C)C)CCCN1. The van der Waals surface area contributed by atoms with Gasteiger partial charge in [-0.25, -0.2) is 0 Å². The van der Waals surface area contributed by atoms with E-state index in [1.54, 1.807) is 0 Å². The Morgan fingerprint density at radius 3 is 2.52 bits per heavy atom. The monoisotopic (exact) mass is 286 g/mol. The van der Waals surface area contributed by atoms with Gasteiger partial charge in [-0.3, -0.25) is 4.90 Å². The van der Waals surface area contributed by atoms with Gasteiger partial charge in [-0.2, -0.15) is 0 Å². The van der Waals surface area contributed by atoms with E-state index in [9.17, 15) is 0 Å². The average Bonchev–Trinajstić information content (AvgIpc) is 2.70. The van der Waals surface area contributed by atoms with Gasteiger partial charge in [-0.05, 0) is 50.3 Å². The summed E-state index contributed by atoms with van der Waals surface area (Å²) < 4.78 is 0. The van der Waals surface area contributed by atoms with E-state index in [4.69, 9.17) is 0 Å². The molecule has 2 unspecified atom stereocenters. The van der Waals surface area contributed by atoms with Gasteiger partial charge in [0.25, 0.3) is 0 Å². The molecule has 0 bridgehead atoms. The van der Waals surface area contributed by atoms with Crippen LogP contribution in [-0.4, -0.2) is 30.6 Å². The third-order valence-corrected chi connectivity index (χ3v) is 5.71. The van der Waals surface area contributed by atoms with E-state index < -0.39 is 0 Å². The fraction of sp³-hybridized carbons (Fsp3) is 0.684. The molecule has 0 spiro atoms. The molecule has 116 valence electrons. The second-order valence-electron chi connectivity index (χ2n) is 7.85. The van der Waals surface area contributed by atoms with Crippen molar-refractivity contribution in [2.24, 2.45) is 5.41 Å². The molecule has 1 aromatic rings. The molecule has 2 aliphatic rings. The summed E-state index contributed by atoms with van der Waals surface area (Å²) in [5, 5.41) is 3.81. The molecule has 0 aromatic heterocycles. The van der Waals surface area contributed by atoms with Crippen LogP contribution < -0.4 is 5.32 Å².